The molecule has 0 saturated heterocycles. The Labute approximate surface area is 126 Å². The number of benzene rings is 2. The largest absolute Gasteiger partial charge is 0.278 e. The van der Waals surface area contributed by atoms with Crippen molar-refractivity contribution in [2.75, 3.05) is 11.0 Å². The Morgan fingerprint density at radius 3 is 2.55 bits per heavy atom. The van der Waals surface area contributed by atoms with Crippen LogP contribution in [0.1, 0.15) is 0 Å². The normalized spacial score (nSPS) is 11.3. The molecule has 0 heterocycles. The van der Waals surface area contributed by atoms with Gasteiger partial charge in [-0.2, -0.15) is 0 Å². The lowest BCUT2D eigenvalue weighted by molar-refractivity contribution is 0.599. The summed E-state index contributed by atoms with van der Waals surface area (Å²) in [6.07, 6.45) is 1.85. The van der Waals surface area contributed by atoms with Gasteiger partial charge in [0.15, 0.2) is 0 Å². The summed E-state index contributed by atoms with van der Waals surface area (Å²) in [5.41, 5.74) is 0.459. The third-order valence-electron chi connectivity index (χ3n) is 2.53. The lowest BCUT2D eigenvalue weighted by Crippen LogP contribution is -2.14. The minimum Gasteiger partial charge on any atom is -0.278 e. The van der Waals surface area contributed by atoms with E-state index in [0.717, 1.165) is 23.1 Å². The van der Waals surface area contributed by atoms with E-state index in [1.54, 1.807) is 18.2 Å². The Morgan fingerprint density at radius 1 is 1.20 bits per heavy atom. The van der Waals surface area contributed by atoms with Crippen LogP contribution in [0.15, 0.2) is 52.3 Å². The van der Waals surface area contributed by atoms with Gasteiger partial charge in [0.2, 0.25) is 0 Å². The molecule has 0 atom stereocenters. The van der Waals surface area contributed by atoms with Crippen LogP contribution in [0, 0.1) is 5.82 Å². The average molecular weight is 332 g/mol. The number of para-hydroxylation sites is 1. The number of halogens is 2. The van der Waals surface area contributed by atoms with Gasteiger partial charge in [0, 0.05) is 4.90 Å². The van der Waals surface area contributed by atoms with Crippen LogP contribution in [-0.4, -0.2) is 14.7 Å². The second-order valence-corrected chi connectivity index (χ2v) is 6.79. The summed E-state index contributed by atoms with van der Waals surface area (Å²) in [5, 5.41) is -0.154. The molecule has 2 aromatic rings. The molecule has 20 heavy (non-hydrogen) atoms. The number of anilines is 1. The Morgan fingerprint density at radius 2 is 1.90 bits per heavy atom. The zero-order valence-electron chi connectivity index (χ0n) is 10.4. The van der Waals surface area contributed by atoms with Crippen molar-refractivity contribution in [3.63, 3.8) is 0 Å². The molecule has 0 radical (unpaired) electrons. The highest BCUT2D eigenvalue weighted by molar-refractivity contribution is 7.99. The van der Waals surface area contributed by atoms with Crippen LogP contribution in [0.4, 0.5) is 10.1 Å². The quantitative estimate of drug-likeness (QED) is 0.861. The van der Waals surface area contributed by atoms with Gasteiger partial charge < -0.3 is 0 Å². The van der Waals surface area contributed by atoms with Crippen molar-refractivity contribution in [3.8, 4) is 0 Å². The number of hydrogen-bond donors (Lipinski definition) is 1. The average Bonchev–Trinajstić information content (AvgIpc) is 2.38. The van der Waals surface area contributed by atoms with Crippen LogP contribution >= 0.6 is 23.4 Å². The molecule has 106 valence electrons. The summed E-state index contributed by atoms with van der Waals surface area (Å²) >= 11 is 7.21. The summed E-state index contributed by atoms with van der Waals surface area (Å²) in [6.45, 7) is 0. The summed E-state index contributed by atoms with van der Waals surface area (Å²) < 4.78 is 40.0. The highest BCUT2D eigenvalue weighted by atomic mass is 35.5. The number of hydrogen-bond acceptors (Lipinski definition) is 3. The van der Waals surface area contributed by atoms with Crippen LogP contribution in [0.5, 0.6) is 0 Å². The second-order valence-electron chi connectivity index (χ2n) is 3.88. The van der Waals surface area contributed by atoms with E-state index >= 15 is 0 Å². The Bertz CT molecular complexity index is 735. The topological polar surface area (TPSA) is 46.2 Å². The molecular weight excluding hydrogens is 321 g/mol. The molecule has 0 aliphatic rings. The molecule has 0 saturated carbocycles. The zero-order chi connectivity index (χ0) is 14.8. The molecule has 1 N–H and O–H groups in total. The lowest BCUT2D eigenvalue weighted by Gasteiger charge is -2.12. The first kappa shape index (κ1) is 15.2. The summed E-state index contributed by atoms with van der Waals surface area (Å²) in [6, 6.07) is 10.2. The van der Waals surface area contributed by atoms with Crippen LogP contribution in [0.2, 0.25) is 5.02 Å². The maximum absolute atomic E-state index is 13.0. The van der Waals surface area contributed by atoms with Crippen molar-refractivity contribution in [1.82, 2.24) is 0 Å². The van der Waals surface area contributed by atoms with E-state index < -0.39 is 15.8 Å². The van der Waals surface area contributed by atoms with E-state index in [0.29, 0.717) is 5.69 Å². The van der Waals surface area contributed by atoms with Gasteiger partial charge in [-0.1, -0.05) is 23.7 Å². The lowest BCUT2D eigenvalue weighted by atomic mass is 10.3. The minimum absolute atomic E-state index is 0.154. The van der Waals surface area contributed by atoms with Crippen LogP contribution in [-0.2, 0) is 10.0 Å². The first-order valence-electron chi connectivity index (χ1n) is 5.55. The Balaban J connectivity index is 2.41. The van der Waals surface area contributed by atoms with Crippen molar-refractivity contribution in [3.05, 3.63) is 53.3 Å². The molecule has 7 heteroatoms. The maximum Gasteiger partial charge on any atom is 0.263 e. The highest BCUT2D eigenvalue weighted by Gasteiger charge is 2.19. The number of thioether (sulfide) groups is 1. The van der Waals surface area contributed by atoms with Gasteiger partial charge in [-0.05, 0) is 36.6 Å². The van der Waals surface area contributed by atoms with Crippen molar-refractivity contribution >= 4 is 39.1 Å². The molecule has 2 aromatic carbocycles. The van der Waals surface area contributed by atoms with Crippen LogP contribution in [0.3, 0.4) is 0 Å². The molecule has 0 aliphatic heterocycles. The molecule has 0 aromatic heterocycles. The van der Waals surface area contributed by atoms with Crippen LogP contribution in [0.25, 0.3) is 0 Å². The third-order valence-corrected chi connectivity index (χ3v) is 5.18. The van der Waals surface area contributed by atoms with Gasteiger partial charge in [-0.3, -0.25) is 4.72 Å². The molecule has 2 rings (SSSR count). The highest BCUT2D eigenvalue weighted by Crippen LogP contribution is 2.29. The number of sulfonamides is 1. The van der Waals surface area contributed by atoms with Gasteiger partial charge in [0.05, 0.1) is 10.7 Å². The van der Waals surface area contributed by atoms with E-state index in [9.17, 15) is 12.8 Å². The van der Waals surface area contributed by atoms with Gasteiger partial charge in [0.25, 0.3) is 10.0 Å². The first-order chi connectivity index (χ1) is 9.44. The van der Waals surface area contributed by atoms with Crippen LogP contribution < -0.4 is 4.72 Å². The molecule has 0 fully saturated rings. The predicted octanol–water partition coefficient (Wildman–Crippen LogP) is 4.00. The predicted molar refractivity (Wildman–Crippen MR) is 80.4 cm³/mol. The molecule has 0 amide bonds. The van der Waals surface area contributed by atoms with E-state index in [1.807, 2.05) is 12.3 Å². The fourth-order valence-electron chi connectivity index (χ4n) is 1.62. The second kappa shape index (κ2) is 6.03. The molecule has 0 bridgehead atoms. The molecule has 0 aliphatic carbocycles. The molecule has 3 nitrogen and oxygen atoms in total. The fourth-order valence-corrected chi connectivity index (χ4v) is 3.85. The summed E-state index contributed by atoms with van der Waals surface area (Å²) in [5.74, 6) is -0.585. The summed E-state index contributed by atoms with van der Waals surface area (Å²) in [7, 11) is -3.86. The third kappa shape index (κ3) is 3.26. The van der Waals surface area contributed by atoms with E-state index in [4.69, 9.17) is 11.6 Å². The van der Waals surface area contributed by atoms with Crippen molar-refractivity contribution in [2.24, 2.45) is 0 Å². The first-order valence-corrected chi connectivity index (χ1v) is 8.63. The minimum atomic E-state index is -3.86. The molecule has 0 spiro atoms. The van der Waals surface area contributed by atoms with Crippen molar-refractivity contribution in [2.45, 2.75) is 9.79 Å². The molecular formula is C13H11ClFNO2S2. The Kier molecular flexibility index (Phi) is 4.57. The monoisotopic (exact) mass is 331 g/mol. The number of nitrogens with one attached hydrogen (secondary N) is 1. The standard InChI is InChI=1S/C13H11ClFNO2S2/c1-19-12-5-3-2-4-11(12)16-20(17,18)13-7-6-9(15)8-10(13)14/h2-8,16H,1H3. The van der Waals surface area contributed by atoms with Gasteiger partial charge in [0.1, 0.15) is 10.7 Å². The summed E-state index contributed by atoms with van der Waals surface area (Å²) in [4.78, 5) is 0.630. The number of rotatable bonds is 4. The maximum atomic E-state index is 13.0. The van der Waals surface area contributed by atoms with Gasteiger partial charge in [-0.15, -0.1) is 11.8 Å². The SMILES string of the molecule is CSc1ccccc1NS(=O)(=O)c1ccc(F)cc1Cl. The van der Waals surface area contributed by atoms with E-state index in [-0.39, 0.29) is 9.92 Å². The van der Waals surface area contributed by atoms with Crippen molar-refractivity contribution < 1.29 is 12.8 Å². The smallest absolute Gasteiger partial charge is 0.263 e. The zero-order valence-corrected chi connectivity index (χ0v) is 12.8. The van der Waals surface area contributed by atoms with Gasteiger partial charge in [-0.25, -0.2) is 12.8 Å². The van der Waals surface area contributed by atoms with Gasteiger partial charge >= 0.3 is 0 Å². The molecule has 0 unspecified atom stereocenters. The van der Waals surface area contributed by atoms with Crippen molar-refractivity contribution in [1.29, 1.82) is 0 Å². The fraction of sp³-hybridized carbons (Fsp3) is 0.0769. The van der Waals surface area contributed by atoms with E-state index in [1.165, 1.54) is 11.8 Å². The van der Waals surface area contributed by atoms with E-state index in [2.05, 4.69) is 4.72 Å². The Hall–Kier alpha value is -1.24.